The second-order valence-electron chi connectivity index (χ2n) is 4.16. The summed E-state index contributed by atoms with van der Waals surface area (Å²) in [4.78, 5) is 16.3. The highest BCUT2D eigenvalue weighted by Gasteiger charge is 2.19. The highest BCUT2D eigenvalue weighted by molar-refractivity contribution is 9.10. The van der Waals surface area contributed by atoms with Gasteiger partial charge in [0.1, 0.15) is 16.1 Å². The number of nitrogens with one attached hydrogen (secondary N) is 1. The predicted octanol–water partition coefficient (Wildman–Crippen LogP) is 4.27. The van der Waals surface area contributed by atoms with Crippen LogP contribution >= 0.6 is 27.5 Å². The van der Waals surface area contributed by atoms with Gasteiger partial charge in [0.05, 0.1) is 16.3 Å². The Morgan fingerprint density at radius 1 is 1.37 bits per heavy atom. The molecule has 100 valence electrons. The molecule has 1 amide bonds. The molecule has 0 aliphatic carbocycles. The van der Waals surface area contributed by atoms with Crippen LogP contribution in [0.5, 0.6) is 0 Å². The van der Waals surface area contributed by atoms with Gasteiger partial charge in [-0.15, -0.1) is 0 Å². The van der Waals surface area contributed by atoms with Gasteiger partial charge < -0.3 is 9.73 Å². The Hall–Kier alpha value is -1.33. The number of aryl methyl sites for hydroxylation is 2. The average Bonchev–Trinajstić information content (AvgIpc) is 2.58. The summed E-state index contributed by atoms with van der Waals surface area (Å²) in [6.45, 7) is 5.45. The number of halogens is 2. The fourth-order valence-corrected chi connectivity index (χ4v) is 2.30. The molecule has 0 atom stereocenters. The number of hydrogen-bond donors (Lipinski definition) is 1. The van der Waals surface area contributed by atoms with Crippen LogP contribution in [0.1, 0.15) is 27.4 Å². The van der Waals surface area contributed by atoms with Gasteiger partial charge in [0.2, 0.25) is 0 Å². The van der Waals surface area contributed by atoms with Gasteiger partial charge in [0.15, 0.2) is 0 Å². The van der Waals surface area contributed by atoms with Gasteiger partial charge in [0.25, 0.3) is 5.91 Å². The number of anilines is 1. The van der Waals surface area contributed by atoms with Crippen molar-refractivity contribution in [2.75, 3.05) is 5.32 Å². The van der Waals surface area contributed by atoms with Crippen molar-refractivity contribution in [3.05, 3.63) is 44.5 Å². The summed E-state index contributed by atoms with van der Waals surface area (Å²) < 4.78 is 5.97. The Morgan fingerprint density at radius 2 is 2.05 bits per heavy atom. The maximum atomic E-state index is 12.3. The number of hydrogen-bond acceptors (Lipinski definition) is 3. The van der Waals surface area contributed by atoms with E-state index in [4.69, 9.17) is 16.0 Å². The van der Waals surface area contributed by atoms with E-state index in [1.54, 1.807) is 13.0 Å². The second-order valence-corrected chi connectivity index (χ2v) is 5.35. The summed E-state index contributed by atoms with van der Waals surface area (Å²) in [5.74, 6) is 1.10. The first-order valence-electron chi connectivity index (χ1n) is 5.59. The van der Waals surface area contributed by atoms with Gasteiger partial charge in [-0.3, -0.25) is 4.79 Å². The number of aromatic nitrogens is 1. The fraction of sp³-hybridized carbons (Fsp3) is 0.231. The molecule has 0 saturated carbocycles. The first-order valence-corrected chi connectivity index (χ1v) is 6.76. The lowest BCUT2D eigenvalue weighted by molar-refractivity contribution is 0.102. The zero-order valence-electron chi connectivity index (χ0n) is 10.7. The maximum Gasteiger partial charge on any atom is 0.259 e. The molecular formula is C13H12BrClN2O2. The molecule has 0 bridgehead atoms. The molecule has 0 aliphatic heterocycles. The molecule has 6 heteroatoms. The Balaban J connectivity index is 2.33. The molecule has 0 aliphatic rings. The van der Waals surface area contributed by atoms with E-state index in [1.165, 1.54) is 6.20 Å². The Morgan fingerprint density at radius 3 is 2.63 bits per heavy atom. The fourth-order valence-electron chi connectivity index (χ4n) is 1.82. The highest BCUT2D eigenvalue weighted by Crippen LogP contribution is 2.26. The minimum atomic E-state index is -0.239. The van der Waals surface area contributed by atoms with Crippen LogP contribution in [0.25, 0.3) is 0 Å². The number of rotatable bonds is 2. The number of nitrogens with zero attached hydrogens (tertiary/aromatic N) is 1. The third-order valence-electron chi connectivity index (χ3n) is 2.84. The first-order chi connectivity index (χ1) is 8.90. The molecule has 19 heavy (non-hydrogen) atoms. The summed E-state index contributed by atoms with van der Waals surface area (Å²) in [6.07, 6.45) is 1.50. The van der Waals surface area contributed by atoms with Gasteiger partial charge in [0, 0.05) is 11.8 Å². The lowest BCUT2D eigenvalue weighted by Gasteiger charge is -2.07. The number of carbonyl (C=O) groups excluding carboxylic acids is 1. The standard InChI is InChI=1S/C13H12BrClN2O2/c1-6-7(2)19-8(3)11(6)13(18)17-10-4-9(15)5-16-12(10)14/h4-5H,1-3H3,(H,17,18). The van der Waals surface area contributed by atoms with Crippen LogP contribution in [0.15, 0.2) is 21.3 Å². The molecule has 2 heterocycles. The predicted molar refractivity (Wildman–Crippen MR) is 77.8 cm³/mol. The van der Waals surface area contributed by atoms with E-state index in [1.807, 2.05) is 13.8 Å². The first kappa shape index (κ1) is 14.1. The molecule has 4 nitrogen and oxygen atoms in total. The van der Waals surface area contributed by atoms with Crippen molar-refractivity contribution < 1.29 is 9.21 Å². The van der Waals surface area contributed by atoms with E-state index >= 15 is 0 Å². The van der Waals surface area contributed by atoms with Crippen molar-refractivity contribution in [2.45, 2.75) is 20.8 Å². The molecule has 2 rings (SSSR count). The van der Waals surface area contributed by atoms with E-state index in [0.717, 1.165) is 11.3 Å². The SMILES string of the molecule is Cc1oc(C)c(C(=O)Nc2cc(Cl)cnc2Br)c1C. The van der Waals surface area contributed by atoms with Crippen molar-refractivity contribution >= 4 is 39.1 Å². The minimum absolute atomic E-state index is 0.239. The van der Waals surface area contributed by atoms with E-state index in [9.17, 15) is 4.79 Å². The molecule has 2 aromatic rings. The molecule has 0 aromatic carbocycles. The zero-order chi connectivity index (χ0) is 14.2. The number of amides is 1. The molecule has 0 unspecified atom stereocenters. The van der Waals surface area contributed by atoms with Crippen LogP contribution in [-0.4, -0.2) is 10.9 Å². The van der Waals surface area contributed by atoms with Gasteiger partial charge >= 0.3 is 0 Å². The summed E-state index contributed by atoms with van der Waals surface area (Å²) in [6, 6.07) is 1.63. The van der Waals surface area contributed by atoms with Gasteiger partial charge in [-0.25, -0.2) is 4.98 Å². The number of carbonyl (C=O) groups is 1. The lowest BCUT2D eigenvalue weighted by Crippen LogP contribution is -2.14. The summed E-state index contributed by atoms with van der Waals surface area (Å²) >= 11 is 9.13. The minimum Gasteiger partial charge on any atom is -0.466 e. The highest BCUT2D eigenvalue weighted by atomic mass is 79.9. The van der Waals surface area contributed by atoms with Crippen LogP contribution in [0.2, 0.25) is 5.02 Å². The van der Waals surface area contributed by atoms with Crippen molar-refractivity contribution in [1.82, 2.24) is 4.98 Å². The van der Waals surface area contributed by atoms with Gasteiger partial charge in [-0.05, 0) is 42.8 Å². The van der Waals surface area contributed by atoms with Crippen LogP contribution in [-0.2, 0) is 0 Å². The summed E-state index contributed by atoms with van der Waals surface area (Å²) in [5.41, 5.74) is 1.90. The van der Waals surface area contributed by atoms with Crippen LogP contribution in [0.4, 0.5) is 5.69 Å². The van der Waals surface area contributed by atoms with E-state index in [-0.39, 0.29) is 5.91 Å². The molecule has 2 aromatic heterocycles. The molecule has 0 fully saturated rings. The van der Waals surface area contributed by atoms with Crippen LogP contribution in [0, 0.1) is 20.8 Å². The zero-order valence-corrected chi connectivity index (χ0v) is 13.0. The topological polar surface area (TPSA) is 55.1 Å². The average molecular weight is 344 g/mol. The van der Waals surface area contributed by atoms with E-state index < -0.39 is 0 Å². The number of furan rings is 1. The summed E-state index contributed by atoms with van der Waals surface area (Å²) in [5, 5.41) is 3.22. The maximum absolute atomic E-state index is 12.3. The van der Waals surface area contributed by atoms with Crippen LogP contribution < -0.4 is 5.32 Å². The smallest absolute Gasteiger partial charge is 0.259 e. The Kier molecular flexibility index (Phi) is 3.96. The van der Waals surface area contributed by atoms with Crippen LogP contribution in [0.3, 0.4) is 0 Å². The van der Waals surface area contributed by atoms with Crippen molar-refractivity contribution in [3.63, 3.8) is 0 Å². The normalized spacial score (nSPS) is 10.6. The Bertz CT molecular complexity index is 652. The van der Waals surface area contributed by atoms with E-state index in [0.29, 0.717) is 26.6 Å². The second kappa shape index (κ2) is 5.35. The van der Waals surface area contributed by atoms with Crippen molar-refractivity contribution in [3.8, 4) is 0 Å². The third-order valence-corrected chi connectivity index (χ3v) is 3.68. The van der Waals surface area contributed by atoms with Crippen molar-refractivity contribution in [1.29, 1.82) is 0 Å². The molecule has 1 N–H and O–H groups in total. The Labute approximate surface area is 124 Å². The van der Waals surface area contributed by atoms with Crippen molar-refractivity contribution in [2.24, 2.45) is 0 Å². The van der Waals surface area contributed by atoms with Gasteiger partial charge in [-0.1, -0.05) is 11.6 Å². The molecule has 0 saturated heterocycles. The van der Waals surface area contributed by atoms with Gasteiger partial charge in [-0.2, -0.15) is 0 Å². The molecular weight excluding hydrogens is 332 g/mol. The molecule has 0 spiro atoms. The third kappa shape index (κ3) is 2.82. The quantitative estimate of drug-likeness (QED) is 0.829. The molecule has 0 radical (unpaired) electrons. The van der Waals surface area contributed by atoms with E-state index in [2.05, 4.69) is 26.2 Å². The monoisotopic (exact) mass is 342 g/mol. The largest absolute Gasteiger partial charge is 0.466 e. The lowest BCUT2D eigenvalue weighted by atomic mass is 10.1. The number of pyridine rings is 1. The summed E-state index contributed by atoms with van der Waals surface area (Å²) in [7, 11) is 0.